The standard InChI is InChI=1S/C24H33NO3/c1-6-7-10-17-27-20-15-13-19(14-16-20)25-23(26)18(2)28-22-12-9-8-11-21(22)24(3,4)5/h8-9,11-16,18H,6-7,10,17H2,1-5H3,(H,25,26). The summed E-state index contributed by atoms with van der Waals surface area (Å²) in [6.45, 7) is 11.0. The van der Waals surface area contributed by atoms with E-state index in [4.69, 9.17) is 9.47 Å². The monoisotopic (exact) mass is 383 g/mol. The number of hydrogen-bond donors (Lipinski definition) is 1. The van der Waals surface area contributed by atoms with Crippen LogP contribution in [0.4, 0.5) is 5.69 Å². The fourth-order valence-corrected chi connectivity index (χ4v) is 2.85. The van der Waals surface area contributed by atoms with Gasteiger partial charge in [0.1, 0.15) is 11.5 Å². The average Bonchev–Trinajstić information content (AvgIpc) is 2.66. The summed E-state index contributed by atoms with van der Waals surface area (Å²) < 4.78 is 11.7. The summed E-state index contributed by atoms with van der Waals surface area (Å²) in [5, 5.41) is 2.90. The van der Waals surface area contributed by atoms with Gasteiger partial charge in [0.05, 0.1) is 6.61 Å². The van der Waals surface area contributed by atoms with Gasteiger partial charge in [0.25, 0.3) is 5.91 Å². The predicted molar refractivity (Wildman–Crippen MR) is 115 cm³/mol. The molecular weight excluding hydrogens is 350 g/mol. The lowest BCUT2D eigenvalue weighted by Gasteiger charge is -2.24. The predicted octanol–water partition coefficient (Wildman–Crippen LogP) is 5.96. The van der Waals surface area contributed by atoms with Gasteiger partial charge in [-0.2, -0.15) is 0 Å². The van der Waals surface area contributed by atoms with Crippen LogP contribution >= 0.6 is 0 Å². The normalized spacial score (nSPS) is 12.3. The maximum absolute atomic E-state index is 12.5. The molecule has 1 atom stereocenters. The van der Waals surface area contributed by atoms with E-state index in [0.717, 1.165) is 35.8 Å². The number of rotatable bonds is 9. The highest BCUT2D eigenvalue weighted by atomic mass is 16.5. The second-order valence-electron chi connectivity index (χ2n) is 8.08. The first-order chi connectivity index (χ1) is 13.3. The number of carbonyl (C=O) groups is 1. The van der Waals surface area contributed by atoms with Crippen molar-refractivity contribution in [1.82, 2.24) is 0 Å². The largest absolute Gasteiger partial charge is 0.494 e. The summed E-state index contributed by atoms with van der Waals surface area (Å²) in [7, 11) is 0. The zero-order valence-electron chi connectivity index (χ0n) is 17.7. The highest BCUT2D eigenvalue weighted by molar-refractivity contribution is 5.94. The van der Waals surface area contributed by atoms with Gasteiger partial charge in [-0.1, -0.05) is 58.7 Å². The molecule has 0 saturated carbocycles. The van der Waals surface area contributed by atoms with Gasteiger partial charge >= 0.3 is 0 Å². The van der Waals surface area contributed by atoms with E-state index < -0.39 is 6.10 Å². The molecule has 2 aromatic carbocycles. The van der Waals surface area contributed by atoms with Crippen molar-refractivity contribution in [1.29, 1.82) is 0 Å². The topological polar surface area (TPSA) is 47.6 Å². The third kappa shape index (κ3) is 6.59. The Morgan fingerprint density at radius 3 is 2.36 bits per heavy atom. The lowest BCUT2D eigenvalue weighted by atomic mass is 9.86. The summed E-state index contributed by atoms with van der Waals surface area (Å²) >= 11 is 0. The summed E-state index contributed by atoms with van der Waals surface area (Å²) in [6.07, 6.45) is 2.80. The Hall–Kier alpha value is -2.49. The molecule has 0 aromatic heterocycles. The summed E-state index contributed by atoms with van der Waals surface area (Å²) in [4.78, 5) is 12.5. The number of ether oxygens (including phenoxy) is 2. The van der Waals surface area contributed by atoms with E-state index in [9.17, 15) is 4.79 Å². The van der Waals surface area contributed by atoms with E-state index in [1.807, 2.05) is 48.5 Å². The first-order valence-corrected chi connectivity index (χ1v) is 10.1. The van der Waals surface area contributed by atoms with Gasteiger partial charge in [-0.05, 0) is 54.7 Å². The molecule has 0 bridgehead atoms. The summed E-state index contributed by atoms with van der Waals surface area (Å²) in [5.41, 5.74) is 1.75. The Morgan fingerprint density at radius 2 is 1.71 bits per heavy atom. The minimum atomic E-state index is -0.603. The fraction of sp³-hybridized carbons (Fsp3) is 0.458. The number of amides is 1. The second-order valence-corrected chi connectivity index (χ2v) is 8.08. The molecule has 1 N–H and O–H groups in total. The number of carbonyl (C=O) groups excluding carboxylic acids is 1. The van der Waals surface area contributed by atoms with E-state index in [2.05, 4.69) is 33.0 Å². The Bertz CT molecular complexity index is 747. The van der Waals surface area contributed by atoms with Crippen LogP contribution in [0.1, 0.15) is 59.4 Å². The van der Waals surface area contributed by atoms with Crippen LogP contribution in [0.2, 0.25) is 0 Å². The first kappa shape index (κ1) is 21.8. The van der Waals surface area contributed by atoms with Crippen molar-refractivity contribution in [2.75, 3.05) is 11.9 Å². The smallest absolute Gasteiger partial charge is 0.265 e. The minimum absolute atomic E-state index is 0.0558. The van der Waals surface area contributed by atoms with Crippen LogP contribution in [-0.4, -0.2) is 18.6 Å². The molecule has 0 fully saturated rings. The van der Waals surface area contributed by atoms with Crippen LogP contribution in [-0.2, 0) is 10.2 Å². The van der Waals surface area contributed by atoms with E-state index in [1.165, 1.54) is 12.8 Å². The Balaban J connectivity index is 1.92. The molecule has 0 radical (unpaired) electrons. The van der Waals surface area contributed by atoms with Crippen molar-refractivity contribution in [3.05, 3.63) is 54.1 Å². The summed E-state index contributed by atoms with van der Waals surface area (Å²) in [6, 6.07) is 15.3. The van der Waals surface area contributed by atoms with E-state index in [1.54, 1.807) is 6.92 Å². The molecule has 0 aliphatic carbocycles. The maximum atomic E-state index is 12.5. The molecular formula is C24H33NO3. The van der Waals surface area contributed by atoms with E-state index in [0.29, 0.717) is 0 Å². The SMILES string of the molecule is CCCCCOc1ccc(NC(=O)C(C)Oc2ccccc2C(C)(C)C)cc1. The van der Waals surface area contributed by atoms with E-state index >= 15 is 0 Å². The lowest BCUT2D eigenvalue weighted by Crippen LogP contribution is -2.31. The van der Waals surface area contributed by atoms with Crippen molar-refractivity contribution >= 4 is 11.6 Å². The van der Waals surface area contributed by atoms with Gasteiger partial charge in [0, 0.05) is 5.69 Å². The third-order valence-electron chi connectivity index (χ3n) is 4.51. The van der Waals surface area contributed by atoms with Gasteiger partial charge in [-0.15, -0.1) is 0 Å². The summed E-state index contributed by atoms with van der Waals surface area (Å²) in [5.74, 6) is 1.38. The maximum Gasteiger partial charge on any atom is 0.265 e. The molecule has 2 rings (SSSR count). The molecule has 2 aromatic rings. The number of nitrogens with one attached hydrogen (secondary N) is 1. The molecule has 0 heterocycles. The molecule has 4 nitrogen and oxygen atoms in total. The highest BCUT2D eigenvalue weighted by Crippen LogP contribution is 2.31. The highest BCUT2D eigenvalue weighted by Gasteiger charge is 2.22. The third-order valence-corrected chi connectivity index (χ3v) is 4.51. The second kappa shape index (κ2) is 10.2. The molecule has 0 aliphatic heterocycles. The number of anilines is 1. The number of para-hydroxylation sites is 1. The van der Waals surface area contributed by atoms with Crippen molar-refractivity contribution in [2.45, 2.75) is 65.4 Å². The zero-order chi connectivity index (χ0) is 20.6. The van der Waals surface area contributed by atoms with Gasteiger partial charge in [-0.3, -0.25) is 4.79 Å². The fourth-order valence-electron chi connectivity index (χ4n) is 2.85. The lowest BCUT2D eigenvalue weighted by molar-refractivity contribution is -0.122. The van der Waals surface area contributed by atoms with Gasteiger partial charge in [0.15, 0.2) is 6.10 Å². The molecule has 0 saturated heterocycles. The number of hydrogen-bond acceptors (Lipinski definition) is 3. The van der Waals surface area contributed by atoms with Gasteiger partial charge in [0.2, 0.25) is 0 Å². The Morgan fingerprint density at radius 1 is 1.04 bits per heavy atom. The van der Waals surface area contributed by atoms with Crippen LogP contribution < -0.4 is 14.8 Å². The molecule has 28 heavy (non-hydrogen) atoms. The van der Waals surface area contributed by atoms with Crippen molar-refractivity contribution in [3.63, 3.8) is 0 Å². The van der Waals surface area contributed by atoms with E-state index in [-0.39, 0.29) is 11.3 Å². The molecule has 1 unspecified atom stereocenters. The first-order valence-electron chi connectivity index (χ1n) is 10.1. The Labute approximate surface area is 169 Å². The van der Waals surface area contributed by atoms with Crippen LogP contribution in [0.3, 0.4) is 0 Å². The minimum Gasteiger partial charge on any atom is -0.494 e. The molecule has 152 valence electrons. The Kier molecular flexibility index (Phi) is 7.91. The molecule has 4 heteroatoms. The van der Waals surface area contributed by atoms with Gasteiger partial charge < -0.3 is 14.8 Å². The average molecular weight is 384 g/mol. The molecule has 0 aliphatic rings. The molecule has 0 spiro atoms. The number of benzene rings is 2. The van der Waals surface area contributed by atoms with Crippen molar-refractivity contribution in [2.24, 2.45) is 0 Å². The van der Waals surface area contributed by atoms with Crippen LogP contribution in [0.25, 0.3) is 0 Å². The van der Waals surface area contributed by atoms with Crippen molar-refractivity contribution in [3.8, 4) is 11.5 Å². The quantitative estimate of drug-likeness (QED) is 0.544. The van der Waals surface area contributed by atoms with Crippen LogP contribution in [0, 0.1) is 0 Å². The molecule has 1 amide bonds. The zero-order valence-corrected chi connectivity index (χ0v) is 17.7. The van der Waals surface area contributed by atoms with Crippen LogP contribution in [0.5, 0.6) is 11.5 Å². The van der Waals surface area contributed by atoms with Crippen LogP contribution in [0.15, 0.2) is 48.5 Å². The van der Waals surface area contributed by atoms with Crippen molar-refractivity contribution < 1.29 is 14.3 Å². The van der Waals surface area contributed by atoms with Gasteiger partial charge in [-0.25, -0.2) is 0 Å². The number of unbranched alkanes of at least 4 members (excludes halogenated alkanes) is 2.